The Labute approximate surface area is 667 Å². The van der Waals surface area contributed by atoms with Gasteiger partial charge in [-0.3, -0.25) is 19.9 Å². The van der Waals surface area contributed by atoms with E-state index in [9.17, 15) is 0 Å². The molecule has 23 rings (SSSR count). The van der Waals surface area contributed by atoms with Gasteiger partial charge >= 0.3 is 0 Å². The molecule has 0 fully saturated rings. The van der Waals surface area contributed by atoms with Gasteiger partial charge in [0.25, 0.3) is 0 Å². The van der Waals surface area contributed by atoms with Gasteiger partial charge in [-0.25, -0.2) is 19.9 Å². The van der Waals surface area contributed by atoms with Crippen LogP contribution in [0.5, 0.6) is 0 Å². The molecule has 0 aliphatic rings. The topological polar surface area (TPSA) is 103 Å². The van der Waals surface area contributed by atoms with Gasteiger partial charge in [-0.05, 0) is 209 Å². The molecular formula is C108H66N8. The predicted octanol–water partition coefficient (Wildman–Crippen LogP) is 27.9. The van der Waals surface area contributed by atoms with Crippen LogP contribution in [0.3, 0.4) is 0 Å². The monoisotopic (exact) mass is 1470 g/mol. The van der Waals surface area contributed by atoms with Crippen LogP contribution < -0.4 is 0 Å². The lowest BCUT2D eigenvalue weighted by molar-refractivity contribution is 1.31. The van der Waals surface area contributed by atoms with Crippen molar-refractivity contribution in [2.45, 2.75) is 0 Å². The minimum absolute atomic E-state index is 0.892. The molecule has 0 saturated carbocycles. The number of pyridine rings is 8. The zero-order chi connectivity index (χ0) is 76.6. The normalized spacial score (nSPS) is 11.6. The smallest absolute Gasteiger partial charge is 0.0978 e. The van der Waals surface area contributed by atoms with Gasteiger partial charge in [-0.2, -0.15) is 0 Å². The predicted molar refractivity (Wildman–Crippen MR) is 482 cm³/mol. The molecule has 0 aliphatic heterocycles. The third-order valence-electron chi connectivity index (χ3n) is 22.8. The largest absolute Gasteiger partial charge is 0.256 e. The number of nitrogens with zero attached hydrogens (tertiary/aromatic N) is 8. The highest BCUT2D eigenvalue weighted by molar-refractivity contribution is 6.27. The molecule has 0 aliphatic carbocycles. The molecule has 0 saturated heterocycles. The van der Waals surface area contributed by atoms with Crippen LogP contribution in [0.15, 0.2) is 401 Å². The van der Waals surface area contributed by atoms with Gasteiger partial charge in [0.1, 0.15) is 0 Å². The lowest BCUT2D eigenvalue weighted by Gasteiger charge is -2.19. The Morgan fingerprint density at radius 2 is 0.457 bits per heavy atom. The molecule has 8 nitrogen and oxygen atoms in total. The third kappa shape index (κ3) is 11.8. The molecule has 0 amide bonds. The molecule has 0 bridgehead atoms. The Morgan fingerprint density at radius 1 is 0.138 bits per heavy atom. The summed E-state index contributed by atoms with van der Waals surface area (Å²) < 4.78 is 0. The molecule has 0 spiro atoms. The highest BCUT2D eigenvalue weighted by Crippen LogP contribution is 2.48. The summed E-state index contributed by atoms with van der Waals surface area (Å²) >= 11 is 0. The van der Waals surface area contributed by atoms with E-state index >= 15 is 0 Å². The standard InChI is InChI=1S/C56H34N4.C52H32N4/c1-2-12-35(13-3-1)54-46-16-6-7-19-53(46)60-56-47(54)26-20-36-23-27-52(59-55(36)56)38-22-25-45-44-24-21-37(33-48(44)42-14-4-5-15-43(42)49(45)34-38)39-30-40(50-17-8-10-28-57-50)32-41(31-39)51-18-9-11-29-58-51;1-2-14-33(15-3-1)48-42-20-8-9-23-46(42)55-52-43(48)26-24-34-25-27-47(56-51(34)52)50-40-18-6-4-16-38(40)49(39-17-5-7-19-41(39)50)37-31-35(44-21-10-12-28-53-44)30-36(32-37)45-22-11-13-29-54-45/h1-34H;1-32H. The number of benzene rings is 15. The summed E-state index contributed by atoms with van der Waals surface area (Å²) in [5.41, 5.74) is 26.7. The van der Waals surface area contributed by atoms with Crippen molar-refractivity contribution in [3.8, 4) is 112 Å². The molecule has 8 heteroatoms. The van der Waals surface area contributed by atoms with E-state index < -0.39 is 0 Å². The van der Waals surface area contributed by atoms with Crippen LogP contribution in [0.25, 0.3) is 231 Å². The van der Waals surface area contributed by atoms with Crippen LogP contribution in [0, 0.1) is 0 Å². The Balaban J connectivity index is 0.000000141. The first-order chi connectivity index (χ1) is 57.5. The fourth-order valence-corrected chi connectivity index (χ4v) is 17.5. The van der Waals surface area contributed by atoms with Crippen molar-refractivity contribution in [1.29, 1.82) is 0 Å². The first kappa shape index (κ1) is 67.3. The zero-order valence-electron chi connectivity index (χ0n) is 62.7. The van der Waals surface area contributed by atoms with E-state index in [1.807, 2.05) is 73.3 Å². The van der Waals surface area contributed by atoms with Crippen LogP contribution in [0.4, 0.5) is 0 Å². The molecule has 0 radical (unpaired) electrons. The van der Waals surface area contributed by atoms with Crippen molar-refractivity contribution >= 4 is 119 Å². The Bertz CT molecular complexity index is 7670. The number of hydrogen-bond acceptors (Lipinski definition) is 8. The van der Waals surface area contributed by atoms with E-state index in [0.717, 1.165) is 177 Å². The quantitative estimate of drug-likeness (QED) is 0.0985. The maximum atomic E-state index is 5.55. The second-order valence-electron chi connectivity index (χ2n) is 29.6. The van der Waals surface area contributed by atoms with Crippen molar-refractivity contribution in [3.63, 3.8) is 0 Å². The second kappa shape index (κ2) is 28.3. The minimum Gasteiger partial charge on any atom is -0.256 e. The van der Waals surface area contributed by atoms with Crippen LogP contribution in [-0.4, -0.2) is 39.9 Å². The molecule has 538 valence electrons. The summed E-state index contributed by atoms with van der Waals surface area (Å²) in [6, 6.07) is 133. The van der Waals surface area contributed by atoms with Crippen LogP contribution in [-0.2, 0) is 0 Å². The lowest BCUT2D eigenvalue weighted by atomic mass is 9.86. The van der Waals surface area contributed by atoms with Crippen LogP contribution in [0.1, 0.15) is 0 Å². The molecule has 8 heterocycles. The maximum Gasteiger partial charge on any atom is 0.0978 e. The molecule has 0 N–H and O–H groups in total. The van der Waals surface area contributed by atoms with E-state index in [-0.39, 0.29) is 0 Å². The minimum atomic E-state index is 0.892. The summed E-state index contributed by atoms with van der Waals surface area (Å²) in [6.07, 6.45) is 7.39. The van der Waals surface area contributed by atoms with E-state index in [1.54, 1.807) is 0 Å². The van der Waals surface area contributed by atoms with Gasteiger partial charge in [-0.15, -0.1) is 0 Å². The molecule has 116 heavy (non-hydrogen) atoms. The number of hydrogen-bond donors (Lipinski definition) is 0. The van der Waals surface area contributed by atoms with Crippen LogP contribution >= 0.6 is 0 Å². The number of aromatic nitrogens is 8. The third-order valence-corrected chi connectivity index (χ3v) is 22.8. The summed E-state index contributed by atoms with van der Waals surface area (Å²) in [7, 11) is 0. The van der Waals surface area contributed by atoms with E-state index in [4.69, 9.17) is 39.9 Å². The van der Waals surface area contributed by atoms with E-state index in [0.29, 0.717) is 0 Å². The summed E-state index contributed by atoms with van der Waals surface area (Å²) in [6.45, 7) is 0. The van der Waals surface area contributed by atoms with Crippen molar-refractivity contribution in [1.82, 2.24) is 39.9 Å². The van der Waals surface area contributed by atoms with E-state index in [2.05, 4.69) is 328 Å². The molecule has 23 aromatic rings. The summed E-state index contributed by atoms with van der Waals surface area (Å²) in [4.78, 5) is 40.4. The highest BCUT2D eigenvalue weighted by atomic mass is 14.8. The first-order valence-corrected chi connectivity index (χ1v) is 39.2. The van der Waals surface area contributed by atoms with Gasteiger partial charge in [0.15, 0.2) is 0 Å². The van der Waals surface area contributed by atoms with Gasteiger partial charge in [0.05, 0.1) is 67.3 Å². The van der Waals surface area contributed by atoms with E-state index in [1.165, 1.54) is 54.6 Å². The Hall–Kier alpha value is -15.6. The molecule has 0 atom stereocenters. The molecule has 0 unspecified atom stereocenters. The van der Waals surface area contributed by atoms with Gasteiger partial charge in [0.2, 0.25) is 0 Å². The highest BCUT2D eigenvalue weighted by Gasteiger charge is 2.23. The fraction of sp³-hybridized carbons (Fsp3) is 0. The lowest BCUT2D eigenvalue weighted by Crippen LogP contribution is -1.95. The number of fused-ring (bicyclic) bond motifs is 16. The SMILES string of the molecule is c1ccc(-c2c3ccccc3nc3c2ccc2ccc(-c4c5ccccc5c(-c5cc(-c6ccccn6)cc(-c6ccccn6)c5)c5ccccc45)nc23)cc1.c1ccc(-c2c3ccccc3nc3c2ccc2ccc(-c4ccc5c6ccc(-c7cc(-c8ccccn8)cc(-c8ccccn8)c7)cc6c6ccccc6c5c4)nc23)cc1. The Morgan fingerprint density at radius 3 is 0.897 bits per heavy atom. The van der Waals surface area contributed by atoms with Gasteiger partial charge < -0.3 is 0 Å². The first-order valence-electron chi connectivity index (χ1n) is 39.2. The second-order valence-corrected chi connectivity index (χ2v) is 29.6. The van der Waals surface area contributed by atoms with Crippen LogP contribution in [0.2, 0.25) is 0 Å². The molecular weight excluding hydrogens is 1410 g/mol. The molecule has 15 aromatic carbocycles. The van der Waals surface area contributed by atoms with Crippen molar-refractivity contribution in [2.75, 3.05) is 0 Å². The van der Waals surface area contributed by atoms with Crippen molar-refractivity contribution in [3.05, 3.63) is 401 Å². The fourth-order valence-electron chi connectivity index (χ4n) is 17.5. The summed E-state index contributed by atoms with van der Waals surface area (Å²) in [5, 5.41) is 18.4. The van der Waals surface area contributed by atoms with Crippen molar-refractivity contribution in [2.24, 2.45) is 0 Å². The van der Waals surface area contributed by atoms with Crippen molar-refractivity contribution < 1.29 is 0 Å². The van der Waals surface area contributed by atoms with Gasteiger partial charge in [-0.1, -0.05) is 255 Å². The average molecular weight is 1480 g/mol. The summed E-state index contributed by atoms with van der Waals surface area (Å²) in [5.74, 6) is 0. The van der Waals surface area contributed by atoms with Gasteiger partial charge in [0, 0.05) is 102 Å². The Kier molecular flexibility index (Phi) is 16.4. The molecule has 8 aromatic heterocycles. The average Bonchev–Trinajstić information content (AvgIpc) is 0.733. The maximum absolute atomic E-state index is 5.55. The number of rotatable bonds is 10. The zero-order valence-corrected chi connectivity index (χ0v) is 62.7. The number of para-hydroxylation sites is 2.